The van der Waals surface area contributed by atoms with Crippen molar-refractivity contribution in [3.8, 4) is 0 Å². The van der Waals surface area contributed by atoms with Crippen molar-refractivity contribution in [1.82, 2.24) is 9.97 Å². The van der Waals surface area contributed by atoms with E-state index >= 15 is 0 Å². The van der Waals surface area contributed by atoms with Crippen LogP contribution in [0.3, 0.4) is 0 Å². The first-order valence-electron chi connectivity index (χ1n) is 8.27. The summed E-state index contributed by atoms with van der Waals surface area (Å²) in [4.78, 5) is 8.81. The largest absolute Gasteiger partial charge is 0.377 e. The number of alkyl halides is 1. The summed E-state index contributed by atoms with van der Waals surface area (Å²) < 4.78 is 6.89. The van der Waals surface area contributed by atoms with E-state index in [2.05, 4.69) is 99.3 Å². The average Bonchev–Trinajstić information content (AvgIpc) is 2.70. The van der Waals surface area contributed by atoms with Crippen molar-refractivity contribution in [2.24, 2.45) is 0 Å². The molecule has 0 saturated heterocycles. The highest BCUT2D eigenvalue weighted by atomic mass is 123. The van der Waals surface area contributed by atoms with Gasteiger partial charge in [0.2, 0.25) is 0 Å². The SMILES string of the molecule is [123I]CCOCC[P+](c1ccccc1)(c1ccccc1)c1ccncn1. The monoisotopic (exact) mass is 459 g/mol. The summed E-state index contributed by atoms with van der Waals surface area (Å²) in [5.41, 5.74) is 1.11. The molecule has 0 aliphatic rings. The van der Waals surface area contributed by atoms with E-state index in [0.717, 1.165) is 29.2 Å². The quantitative estimate of drug-likeness (QED) is 0.225. The summed E-state index contributed by atoms with van der Waals surface area (Å²) in [6.07, 6.45) is 4.44. The molecule has 128 valence electrons. The van der Waals surface area contributed by atoms with Gasteiger partial charge >= 0.3 is 0 Å². The number of halogens is 1. The highest BCUT2D eigenvalue weighted by Gasteiger charge is 2.46. The second-order valence-electron chi connectivity index (χ2n) is 5.57. The molecule has 0 spiro atoms. The topological polar surface area (TPSA) is 35.0 Å². The Morgan fingerprint density at radius 1 is 0.840 bits per heavy atom. The van der Waals surface area contributed by atoms with Gasteiger partial charge in [-0.1, -0.05) is 59.0 Å². The predicted molar refractivity (Wildman–Crippen MR) is 115 cm³/mol. The molecule has 0 amide bonds. The summed E-state index contributed by atoms with van der Waals surface area (Å²) in [5, 5.41) is 2.66. The molecule has 5 heteroatoms. The fraction of sp³-hybridized carbons (Fsp3) is 0.200. The Bertz CT molecular complexity index is 660. The maximum atomic E-state index is 5.88. The van der Waals surface area contributed by atoms with Crippen LogP contribution in [0.1, 0.15) is 0 Å². The number of benzene rings is 2. The van der Waals surface area contributed by atoms with Crippen LogP contribution in [0.2, 0.25) is 0 Å². The third-order valence-corrected chi connectivity index (χ3v) is 8.84. The van der Waals surface area contributed by atoms with Gasteiger partial charge in [0.05, 0.1) is 19.4 Å². The van der Waals surface area contributed by atoms with Crippen molar-refractivity contribution in [3.63, 3.8) is 0 Å². The van der Waals surface area contributed by atoms with E-state index < -0.39 is 7.26 Å². The maximum absolute atomic E-state index is 5.88. The van der Waals surface area contributed by atoms with Crippen molar-refractivity contribution in [1.29, 1.82) is 0 Å². The van der Waals surface area contributed by atoms with E-state index in [0.29, 0.717) is 0 Å². The molecule has 0 fully saturated rings. The molecular weight excluding hydrogens is 438 g/mol. The molecule has 3 aromatic rings. The minimum atomic E-state index is -1.87. The molecule has 3 rings (SSSR count). The van der Waals surface area contributed by atoms with E-state index in [1.165, 1.54) is 10.6 Å². The molecule has 0 bridgehead atoms. The smallest absolute Gasteiger partial charge is 0.195 e. The molecule has 1 aromatic heterocycles. The Morgan fingerprint density at radius 2 is 1.48 bits per heavy atom. The lowest BCUT2D eigenvalue weighted by Crippen LogP contribution is -2.36. The van der Waals surface area contributed by atoms with Gasteiger partial charge in [-0.25, -0.2) is 9.97 Å². The van der Waals surface area contributed by atoms with Gasteiger partial charge in [0.15, 0.2) is 5.44 Å². The number of rotatable bonds is 8. The summed E-state index contributed by atoms with van der Waals surface area (Å²) >= 11 is 2.35. The van der Waals surface area contributed by atoms with Crippen LogP contribution < -0.4 is 16.0 Å². The van der Waals surface area contributed by atoms with Gasteiger partial charge in [-0.15, -0.1) is 0 Å². The van der Waals surface area contributed by atoms with Crippen molar-refractivity contribution >= 4 is 45.9 Å². The predicted octanol–water partition coefficient (Wildman–Crippen LogP) is 3.22. The Morgan fingerprint density at radius 3 is 2.00 bits per heavy atom. The van der Waals surface area contributed by atoms with Crippen LogP contribution in [-0.2, 0) is 4.74 Å². The third-order valence-electron chi connectivity index (χ3n) is 4.14. The van der Waals surface area contributed by atoms with Gasteiger partial charge in [0.25, 0.3) is 0 Å². The van der Waals surface area contributed by atoms with Gasteiger partial charge in [-0.2, -0.15) is 0 Å². The lowest BCUT2D eigenvalue weighted by atomic mass is 10.4. The minimum Gasteiger partial charge on any atom is -0.377 e. The number of ether oxygens (including phenoxy) is 1. The first-order valence-corrected chi connectivity index (χ1v) is 11.8. The zero-order valence-electron chi connectivity index (χ0n) is 14.0. The van der Waals surface area contributed by atoms with Crippen LogP contribution in [0, 0.1) is 0 Å². The van der Waals surface area contributed by atoms with Gasteiger partial charge in [0, 0.05) is 16.7 Å². The molecular formula is C20H21IN2OP+. The van der Waals surface area contributed by atoms with Gasteiger partial charge < -0.3 is 4.74 Å². The summed E-state index contributed by atoms with van der Waals surface area (Å²) in [6.45, 7) is 1.51. The van der Waals surface area contributed by atoms with Crippen LogP contribution in [0.15, 0.2) is 79.3 Å². The molecule has 1 heterocycles. The Labute approximate surface area is 163 Å². The van der Waals surface area contributed by atoms with Crippen molar-refractivity contribution in [2.45, 2.75) is 0 Å². The second-order valence-corrected chi connectivity index (χ2v) is 10.2. The van der Waals surface area contributed by atoms with E-state index in [1.807, 2.05) is 6.20 Å². The first kappa shape index (κ1) is 18.4. The van der Waals surface area contributed by atoms with E-state index in [4.69, 9.17) is 4.74 Å². The second kappa shape index (κ2) is 9.37. The minimum absolute atomic E-state index is 0.727. The number of aromatic nitrogens is 2. The number of hydrogen-bond donors (Lipinski definition) is 0. The molecule has 25 heavy (non-hydrogen) atoms. The highest BCUT2D eigenvalue weighted by molar-refractivity contribution is 14.1. The summed E-state index contributed by atoms with van der Waals surface area (Å²) in [5.74, 6) is 0. The van der Waals surface area contributed by atoms with Crippen LogP contribution in [0.5, 0.6) is 0 Å². The molecule has 0 atom stereocenters. The Balaban J connectivity index is 2.13. The zero-order valence-corrected chi connectivity index (χ0v) is 17.0. The van der Waals surface area contributed by atoms with Crippen molar-refractivity contribution < 1.29 is 4.74 Å². The van der Waals surface area contributed by atoms with Crippen molar-refractivity contribution in [2.75, 3.05) is 23.8 Å². The zero-order chi connectivity index (χ0) is 17.4. The summed E-state index contributed by atoms with van der Waals surface area (Å²) in [7, 11) is -1.87. The normalized spacial score (nSPS) is 11.4. The molecule has 2 aromatic carbocycles. The van der Waals surface area contributed by atoms with Gasteiger partial charge in [0.1, 0.15) is 24.2 Å². The Hall–Kier alpha value is -1.36. The molecule has 0 N–H and O–H groups in total. The molecule has 0 aliphatic heterocycles. The standard InChI is InChI=1S/C20H21IN2OP/c21-12-14-24-15-16-25(18-7-3-1-4-8-18,19-9-5-2-6-10-19)20-11-13-22-17-23-20/h1-11,13,17H,12,14-16H2/q+1/i21-4. The molecule has 0 aliphatic carbocycles. The molecule has 0 radical (unpaired) electrons. The Kier molecular flexibility index (Phi) is 6.91. The van der Waals surface area contributed by atoms with Crippen molar-refractivity contribution in [3.05, 3.63) is 79.3 Å². The third kappa shape index (κ3) is 4.25. The average molecular weight is 459 g/mol. The lowest BCUT2D eigenvalue weighted by molar-refractivity contribution is 0.168. The van der Waals surface area contributed by atoms with E-state index in [1.54, 1.807) is 6.33 Å². The van der Waals surface area contributed by atoms with Crippen LogP contribution in [-0.4, -0.2) is 33.8 Å². The molecule has 3 nitrogen and oxygen atoms in total. The van der Waals surface area contributed by atoms with Gasteiger partial charge in [-0.05, 0) is 24.3 Å². The number of nitrogens with zero attached hydrogens (tertiary/aromatic N) is 2. The van der Waals surface area contributed by atoms with Crippen LogP contribution >= 0.6 is 29.9 Å². The fourth-order valence-electron chi connectivity index (χ4n) is 3.02. The number of hydrogen-bond acceptors (Lipinski definition) is 3. The van der Waals surface area contributed by atoms with Crippen LogP contribution in [0.4, 0.5) is 0 Å². The van der Waals surface area contributed by atoms with E-state index in [9.17, 15) is 0 Å². The molecule has 0 saturated carbocycles. The van der Waals surface area contributed by atoms with Gasteiger partial charge in [-0.3, -0.25) is 0 Å². The fourth-order valence-corrected chi connectivity index (χ4v) is 7.24. The molecule has 0 unspecified atom stereocenters. The van der Waals surface area contributed by atoms with E-state index in [-0.39, 0.29) is 0 Å². The maximum Gasteiger partial charge on any atom is 0.195 e. The lowest BCUT2D eigenvalue weighted by Gasteiger charge is -2.26. The first-order chi connectivity index (χ1) is 12.4. The van der Waals surface area contributed by atoms with Crippen LogP contribution in [0.25, 0.3) is 0 Å². The summed E-state index contributed by atoms with van der Waals surface area (Å²) in [6, 6.07) is 23.5. The highest BCUT2D eigenvalue weighted by Crippen LogP contribution is 2.54.